The van der Waals surface area contributed by atoms with E-state index >= 15 is 0 Å². The molecule has 0 radical (unpaired) electrons. The van der Waals surface area contributed by atoms with Gasteiger partial charge in [0.25, 0.3) is 0 Å². The summed E-state index contributed by atoms with van der Waals surface area (Å²) >= 11 is 1.67. The first-order valence-corrected chi connectivity index (χ1v) is 4.68. The van der Waals surface area contributed by atoms with E-state index in [1.807, 2.05) is 27.0 Å². The molecular formula is C9H12N2S. The molecule has 0 unspecified atom stereocenters. The van der Waals surface area contributed by atoms with E-state index in [9.17, 15) is 0 Å². The van der Waals surface area contributed by atoms with Gasteiger partial charge in [0.2, 0.25) is 0 Å². The minimum atomic E-state index is -0.265. The maximum absolute atomic E-state index is 8.80. The van der Waals surface area contributed by atoms with E-state index in [1.165, 1.54) is 4.88 Å². The smallest absolute Gasteiger partial charge is 0.0896 e. The Morgan fingerprint density at radius 1 is 1.67 bits per heavy atom. The Kier molecular flexibility index (Phi) is 2.49. The number of thiazole rings is 1. The van der Waals surface area contributed by atoms with Crippen LogP contribution in [0.15, 0.2) is 6.20 Å². The molecule has 0 spiro atoms. The zero-order chi connectivity index (χ0) is 9.19. The predicted molar refractivity (Wildman–Crippen MR) is 49.9 cm³/mol. The van der Waals surface area contributed by atoms with Gasteiger partial charge in [-0.2, -0.15) is 5.26 Å². The molecular weight excluding hydrogens is 168 g/mol. The monoisotopic (exact) mass is 180 g/mol. The molecule has 0 atom stereocenters. The first-order chi connectivity index (χ1) is 5.53. The van der Waals surface area contributed by atoms with Crippen molar-refractivity contribution in [3.8, 4) is 6.07 Å². The van der Waals surface area contributed by atoms with Crippen LogP contribution in [0.4, 0.5) is 0 Å². The Balaban J connectivity index is 2.72. The number of aromatic nitrogens is 1. The van der Waals surface area contributed by atoms with Gasteiger partial charge in [-0.1, -0.05) is 0 Å². The van der Waals surface area contributed by atoms with Crippen LogP contribution in [0, 0.1) is 23.7 Å². The van der Waals surface area contributed by atoms with E-state index in [0.29, 0.717) is 0 Å². The predicted octanol–water partition coefficient (Wildman–Crippen LogP) is 2.54. The summed E-state index contributed by atoms with van der Waals surface area (Å²) in [4.78, 5) is 5.34. The molecule has 1 heterocycles. The second kappa shape index (κ2) is 3.24. The molecule has 0 aliphatic rings. The van der Waals surface area contributed by atoms with Crippen molar-refractivity contribution in [1.29, 1.82) is 5.26 Å². The van der Waals surface area contributed by atoms with Crippen molar-refractivity contribution in [2.45, 2.75) is 27.2 Å². The first-order valence-electron chi connectivity index (χ1n) is 3.86. The first kappa shape index (κ1) is 9.21. The average molecular weight is 180 g/mol. The van der Waals surface area contributed by atoms with E-state index in [-0.39, 0.29) is 5.41 Å². The van der Waals surface area contributed by atoms with Crippen molar-refractivity contribution in [2.75, 3.05) is 0 Å². The van der Waals surface area contributed by atoms with Gasteiger partial charge in [-0.05, 0) is 20.8 Å². The highest BCUT2D eigenvalue weighted by Crippen LogP contribution is 2.23. The molecule has 0 bridgehead atoms. The Bertz CT molecular complexity index is 307. The highest BCUT2D eigenvalue weighted by Gasteiger charge is 2.18. The van der Waals surface area contributed by atoms with E-state index in [2.05, 4.69) is 11.1 Å². The van der Waals surface area contributed by atoms with Gasteiger partial charge in [0.15, 0.2) is 0 Å². The van der Waals surface area contributed by atoms with Crippen molar-refractivity contribution >= 4 is 11.3 Å². The Morgan fingerprint density at radius 2 is 2.33 bits per heavy atom. The standard InChI is InChI=1S/C9H12N2S/c1-7-11-5-8(12-7)4-9(2,3)6-10/h5H,4H2,1-3H3. The number of hydrogen-bond acceptors (Lipinski definition) is 3. The lowest BCUT2D eigenvalue weighted by atomic mass is 9.91. The van der Waals surface area contributed by atoms with Crippen molar-refractivity contribution in [2.24, 2.45) is 5.41 Å². The minimum absolute atomic E-state index is 0.265. The lowest BCUT2D eigenvalue weighted by Gasteiger charge is -2.12. The highest BCUT2D eigenvalue weighted by molar-refractivity contribution is 7.11. The largest absolute Gasteiger partial charge is 0.250 e. The second-order valence-electron chi connectivity index (χ2n) is 3.52. The maximum atomic E-state index is 8.80. The summed E-state index contributed by atoms with van der Waals surface area (Å²) in [5, 5.41) is 9.86. The van der Waals surface area contributed by atoms with Crippen LogP contribution >= 0.6 is 11.3 Å². The summed E-state index contributed by atoms with van der Waals surface area (Å²) in [7, 11) is 0. The molecule has 0 aliphatic heterocycles. The lowest BCUT2D eigenvalue weighted by Crippen LogP contribution is -2.10. The molecule has 0 saturated carbocycles. The summed E-state index contributed by atoms with van der Waals surface area (Å²) in [6.07, 6.45) is 2.66. The molecule has 0 saturated heterocycles. The molecule has 0 N–H and O–H groups in total. The van der Waals surface area contributed by atoms with Crippen LogP contribution in [0.5, 0.6) is 0 Å². The third-order valence-electron chi connectivity index (χ3n) is 1.59. The fourth-order valence-electron chi connectivity index (χ4n) is 0.962. The third-order valence-corrected chi connectivity index (χ3v) is 2.50. The topological polar surface area (TPSA) is 36.7 Å². The van der Waals surface area contributed by atoms with E-state index in [0.717, 1.165) is 11.4 Å². The fraction of sp³-hybridized carbons (Fsp3) is 0.556. The van der Waals surface area contributed by atoms with Gasteiger partial charge in [0.05, 0.1) is 16.5 Å². The zero-order valence-corrected chi connectivity index (χ0v) is 8.40. The number of aryl methyl sites for hydroxylation is 1. The summed E-state index contributed by atoms with van der Waals surface area (Å²) < 4.78 is 0. The van der Waals surface area contributed by atoms with Gasteiger partial charge in [-0.3, -0.25) is 0 Å². The number of rotatable bonds is 2. The Morgan fingerprint density at radius 3 is 2.75 bits per heavy atom. The molecule has 0 fully saturated rings. The molecule has 1 aromatic heterocycles. The molecule has 0 amide bonds. The normalized spacial score (nSPS) is 11.2. The number of nitrogens with zero attached hydrogens (tertiary/aromatic N) is 2. The molecule has 3 heteroatoms. The molecule has 2 nitrogen and oxygen atoms in total. The van der Waals surface area contributed by atoms with Gasteiger partial charge in [0, 0.05) is 17.5 Å². The van der Waals surface area contributed by atoms with E-state index < -0.39 is 0 Å². The molecule has 12 heavy (non-hydrogen) atoms. The SMILES string of the molecule is Cc1ncc(CC(C)(C)C#N)s1. The fourth-order valence-corrected chi connectivity index (χ4v) is 1.99. The molecule has 1 rings (SSSR count). The Labute approximate surface area is 76.9 Å². The van der Waals surface area contributed by atoms with Crippen LogP contribution in [-0.4, -0.2) is 4.98 Å². The summed E-state index contributed by atoms with van der Waals surface area (Å²) in [5.74, 6) is 0. The van der Waals surface area contributed by atoms with Crippen LogP contribution < -0.4 is 0 Å². The second-order valence-corrected chi connectivity index (χ2v) is 4.84. The van der Waals surface area contributed by atoms with Crippen LogP contribution in [0.2, 0.25) is 0 Å². The van der Waals surface area contributed by atoms with Crippen LogP contribution in [0.1, 0.15) is 23.7 Å². The molecule has 0 aliphatic carbocycles. The van der Waals surface area contributed by atoms with Crippen molar-refractivity contribution < 1.29 is 0 Å². The molecule has 1 aromatic rings. The zero-order valence-electron chi connectivity index (χ0n) is 7.59. The lowest BCUT2D eigenvalue weighted by molar-refractivity contribution is 0.497. The van der Waals surface area contributed by atoms with Gasteiger partial charge in [-0.15, -0.1) is 11.3 Å². The summed E-state index contributed by atoms with van der Waals surface area (Å²) in [5.41, 5.74) is -0.265. The minimum Gasteiger partial charge on any atom is -0.250 e. The molecule has 0 aromatic carbocycles. The van der Waals surface area contributed by atoms with Crippen molar-refractivity contribution in [3.63, 3.8) is 0 Å². The number of nitriles is 1. The summed E-state index contributed by atoms with van der Waals surface area (Å²) in [6.45, 7) is 5.87. The quantitative estimate of drug-likeness (QED) is 0.701. The Hall–Kier alpha value is -0.880. The van der Waals surface area contributed by atoms with E-state index in [4.69, 9.17) is 5.26 Å². The molecule has 64 valence electrons. The maximum Gasteiger partial charge on any atom is 0.0896 e. The van der Waals surface area contributed by atoms with Crippen molar-refractivity contribution in [3.05, 3.63) is 16.1 Å². The third kappa shape index (κ3) is 2.31. The van der Waals surface area contributed by atoms with Gasteiger partial charge in [0.1, 0.15) is 0 Å². The summed E-state index contributed by atoms with van der Waals surface area (Å²) in [6, 6.07) is 2.28. The van der Waals surface area contributed by atoms with Crippen molar-refractivity contribution in [1.82, 2.24) is 4.98 Å². The van der Waals surface area contributed by atoms with Gasteiger partial charge in [-0.25, -0.2) is 4.98 Å². The van der Waals surface area contributed by atoms with Crippen LogP contribution in [0.25, 0.3) is 0 Å². The van der Waals surface area contributed by atoms with Gasteiger partial charge < -0.3 is 0 Å². The van der Waals surface area contributed by atoms with Gasteiger partial charge >= 0.3 is 0 Å². The number of hydrogen-bond donors (Lipinski definition) is 0. The van der Waals surface area contributed by atoms with Crippen LogP contribution in [-0.2, 0) is 6.42 Å². The van der Waals surface area contributed by atoms with Crippen LogP contribution in [0.3, 0.4) is 0 Å². The average Bonchev–Trinajstić information content (AvgIpc) is 2.35. The van der Waals surface area contributed by atoms with E-state index in [1.54, 1.807) is 11.3 Å². The highest BCUT2D eigenvalue weighted by atomic mass is 32.1.